The summed E-state index contributed by atoms with van der Waals surface area (Å²) in [4.78, 5) is 4.02. The number of ether oxygens (including phenoxy) is 1. The molecule has 106 valence electrons. The Morgan fingerprint density at radius 3 is 2.35 bits per heavy atom. The van der Waals surface area contributed by atoms with Crippen LogP contribution >= 0.6 is 0 Å². The molecule has 2 unspecified atom stereocenters. The lowest BCUT2D eigenvalue weighted by atomic mass is 10.0. The number of pyridine rings is 1. The number of nitrogens with two attached hydrogens (primary N) is 1. The maximum Gasteiger partial charge on any atom is 0.139 e. The van der Waals surface area contributed by atoms with Crippen molar-refractivity contribution in [1.82, 2.24) is 4.98 Å². The molecular formula is C16H20N2O2. The monoisotopic (exact) mass is 272 g/mol. The molecule has 3 N–H and O–H groups in total. The van der Waals surface area contributed by atoms with E-state index in [-0.39, 0.29) is 18.8 Å². The fourth-order valence-electron chi connectivity index (χ4n) is 1.99. The molecular weight excluding hydrogens is 252 g/mol. The molecule has 0 saturated carbocycles. The minimum absolute atomic E-state index is 0.0303. The summed E-state index contributed by atoms with van der Waals surface area (Å²) < 4.78 is 6.02. The van der Waals surface area contributed by atoms with Crippen molar-refractivity contribution in [2.75, 3.05) is 0 Å². The van der Waals surface area contributed by atoms with Gasteiger partial charge in [-0.3, -0.25) is 4.98 Å². The predicted octanol–water partition coefficient (Wildman–Crippen LogP) is 2.43. The van der Waals surface area contributed by atoms with Gasteiger partial charge in [0.2, 0.25) is 0 Å². The van der Waals surface area contributed by atoms with Crippen LogP contribution in [-0.4, -0.2) is 16.1 Å². The molecule has 0 aliphatic heterocycles. The minimum atomic E-state index is -0.206. The molecule has 1 heterocycles. The van der Waals surface area contributed by atoms with Crippen LogP contribution < -0.4 is 10.5 Å². The first-order valence-corrected chi connectivity index (χ1v) is 6.76. The maximum atomic E-state index is 9.05. The Morgan fingerprint density at radius 2 is 1.80 bits per heavy atom. The van der Waals surface area contributed by atoms with Gasteiger partial charge in [-0.05, 0) is 41.8 Å². The van der Waals surface area contributed by atoms with Crippen molar-refractivity contribution in [3.8, 4) is 5.75 Å². The average molecular weight is 272 g/mol. The van der Waals surface area contributed by atoms with E-state index in [9.17, 15) is 0 Å². The highest BCUT2D eigenvalue weighted by Gasteiger charge is 2.20. The molecule has 2 atom stereocenters. The maximum absolute atomic E-state index is 9.05. The molecule has 0 aliphatic carbocycles. The summed E-state index contributed by atoms with van der Waals surface area (Å²) in [6.45, 7) is 2.07. The Morgan fingerprint density at radius 1 is 1.15 bits per heavy atom. The summed E-state index contributed by atoms with van der Waals surface area (Å²) in [5.74, 6) is 0.743. The molecule has 4 heteroatoms. The van der Waals surface area contributed by atoms with Gasteiger partial charge in [0.15, 0.2) is 0 Å². The third kappa shape index (κ3) is 3.56. The molecule has 0 spiro atoms. The molecule has 0 aliphatic rings. The third-order valence-corrected chi connectivity index (χ3v) is 3.26. The third-order valence-electron chi connectivity index (χ3n) is 3.26. The summed E-state index contributed by atoms with van der Waals surface area (Å²) >= 11 is 0. The summed E-state index contributed by atoms with van der Waals surface area (Å²) in [7, 11) is 0. The van der Waals surface area contributed by atoms with Crippen molar-refractivity contribution in [2.45, 2.75) is 32.1 Å². The Kier molecular flexibility index (Phi) is 5.09. The number of hydrogen-bond acceptors (Lipinski definition) is 4. The molecule has 0 fully saturated rings. The van der Waals surface area contributed by atoms with E-state index in [0.717, 1.165) is 23.3 Å². The molecule has 0 radical (unpaired) electrons. The summed E-state index contributed by atoms with van der Waals surface area (Å²) in [6.07, 6.45) is 4.09. The fourth-order valence-corrected chi connectivity index (χ4v) is 1.99. The van der Waals surface area contributed by atoms with E-state index in [1.807, 2.05) is 43.3 Å². The van der Waals surface area contributed by atoms with Crippen LogP contribution in [0.4, 0.5) is 0 Å². The molecule has 0 saturated heterocycles. The predicted molar refractivity (Wildman–Crippen MR) is 78.2 cm³/mol. The minimum Gasteiger partial charge on any atom is -0.484 e. The van der Waals surface area contributed by atoms with Crippen LogP contribution in [0.15, 0.2) is 48.8 Å². The molecule has 20 heavy (non-hydrogen) atoms. The largest absolute Gasteiger partial charge is 0.484 e. The topological polar surface area (TPSA) is 68.4 Å². The second-order valence-corrected chi connectivity index (χ2v) is 4.69. The second-order valence-electron chi connectivity index (χ2n) is 4.69. The smallest absolute Gasteiger partial charge is 0.139 e. The molecule has 4 nitrogen and oxygen atoms in total. The molecule has 1 aromatic heterocycles. The van der Waals surface area contributed by atoms with E-state index >= 15 is 0 Å². The average Bonchev–Trinajstić information content (AvgIpc) is 2.53. The van der Waals surface area contributed by atoms with E-state index in [2.05, 4.69) is 4.98 Å². The van der Waals surface area contributed by atoms with Crippen LogP contribution in [0.5, 0.6) is 5.75 Å². The first-order valence-electron chi connectivity index (χ1n) is 6.76. The zero-order valence-electron chi connectivity index (χ0n) is 11.6. The molecule has 0 amide bonds. The standard InChI is InChI=1S/C16H20N2O2/c1-2-15(17)16(13-7-9-18-10-8-13)20-14-5-3-12(11-19)4-6-14/h3-10,15-16,19H,2,11,17H2,1H3. The van der Waals surface area contributed by atoms with Crippen molar-refractivity contribution in [1.29, 1.82) is 0 Å². The number of hydrogen-bond donors (Lipinski definition) is 2. The quantitative estimate of drug-likeness (QED) is 0.847. The van der Waals surface area contributed by atoms with E-state index < -0.39 is 0 Å². The number of rotatable bonds is 6. The van der Waals surface area contributed by atoms with Crippen LogP contribution in [0, 0.1) is 0 Å². The van der Waals surface area contributed by atoms with Gasteiger partial charge in [-0.15, -0.1) is 0 Å². The molecule has 2 rings (SSSR count). The second kappa shape index (κ2) is 7.03. The van der Waals surface area contributed by atoms with E-state index in [1.165, 1.54) is 0 Å². The first kappa shape index (κ1) is 14.5. The van der Waals surface area contributed by atoms with Gasteiger partial charge in [-0.1, -0.05) is 19.1 Å². The highest BCUT2D eigenvalue weighted by atomic mass is 16.5. The van der Waals surface area contributed by atoms with Crippen molar-refractivity contribution < 1.29 is 9.84 Å². The lowest BCUT2D eigenvalue weighted by molar-refractivity contribution is 0.171. The van der Waals surface area contributed by atoms with Crippen LogP contribution in [0.2, 0.25) is 0 Å². The number of nitrogens with zero attached hydrogens (tertiary/aromatic N) is 1. The number of benzene rings is 1. The molecule has 1 aromatic carbocycles. The van der Waals surface area contributed by atoms with Gasteiger partial charge >= 0.3 is 0 Å². The van der Waals surface area contributed by atoms with Crippen molar-refractivity contribution in [3.63, 3.8) is 0 Å². The van der Waals surface area contributed by atoms with E-state index in [4.69, 9.17) is 15.6 Å². The lowest BCUT2D eigenvalue weighted by Crippen LogP contribution is -2.31. The number of aromatic nitrogens is 1. The highest BCUT2D eigenvalue weighted by Crippen LogP contribution is 2.25. The fraction of sp³-hybridized carbons (Fsp3) is 0.312. The SMILES string of the molecule is CCC(N)C(Oc1ccc(CO)cc1)c1ccncc1. The van der Waals surface area contributed by atoms with Gasteiger partial charge in [0.1, 0.15) is 11.9 Å². The summed E-state index contributed by atoms with van der Waals surface area (Å²) in [5.41, 5.74) is 8.04. The van der Waals surface area contributed by atoms with Crippen LogP contribution in [0.1, 0.15) is 30.6 Å². The van der Waals surface area contributed by atoms with Gasteiger partial charge in [0.25, 0.3) is 0 Å². The van der Waals surface area contributed by atoms with Crippen molar-refractivity contribution in [2.24, 2.45) is 5.73 Å². The van der Waals surface area contributed by atoms with Crippen LogP contribution in [0.25, 0.3) is 0 Å². The van der Waals surface area contributed by atoms with Gasteiger partial charge < -0.3 is 15.6 Å². The normalized spacial score (nSPS) is 13.8. The molecule has 2 aromatic rings. The highest BCUT2D eigenvalue weighted by molar-refractivity contribution is 5.28. The van der Waals surface area contributed by atoms with Gasteiger partial charge in [-0.25, -0.2) is 0 Å². The lowest BCUT2D eigenvalue weighted by Gasteiger charge is -2.24. The Labute approximate surface area is 119 Å². The summed E-state index contributed by atoms with van der Waals surface area (Å²) in [6, 6.07) is 11.1. The molecule has 0 bridgehead atoms. The van der Waals surface area contributed by atoms with Gasteiger partial charge in [-0.2, -0.15) is 0 Å². The van der Waals surface area contributed by atoms with E-state index in [1.54, 1.807) is 12.4 Å². The van der Waals surface area contributed by atoms with Crippen molar-refractivity contribution >= 4 is 0 Å². The zero-order chi connectivity index (χ0) is 14.4. The first-order chi connectivity index (χ1) is 9.74. The van der Waals surface area contributed by atoms with Gasteiger partial charge in [0.05, 0.1) is 6.61 Å². The number of aliphatic hydroxyl groups excluding tert-OH is 1. The Hall–Kier alpha value is -1.91. The number of aliphatic hydroxyl groups is 1. The van der Waals surface area contributed by atoms with E-state index in [0.29, 0.717) is 0 Å². The van der Waals surface area contributed by atoms with Crippen LogP contribution in [-0.2, 0) is 6.61 Å². The van der Waals surface area contributed by atoms with Crippen molar-refractivity contribution in [3.05, 3.63) is 59.9 Å². The van der Waals surface area contributed by atoms with Crippen LogP contribution in [0.3, 0.4) is 0 Å². The zero-order valence-corrected chi connectivity index (χ0v) is 11.6. The Bertz CT molecular complexity index is 514. The van der Waals surface area contributed by atoms with Gasteiger partial charge in [0, 0.05) is 18.4 Å². The summed E-state index contributed by atoms with van der Waals surface area (Å²) in [5, 5.41) is 9.05. The Balaban J connectivity index is 2.19.